The molecule has 0 unspecified atom stereocenters. The molecule has 0 bridgehead atoms. The van der Waals surface area contributed by atoms with Crippen LogP contribution >= 0.6 is 23.5 Å². The van der Waals surface area contributed by atoms with E-state index < -0.39 is 17.6 Å². The Morgan fingerprint density at radius 3 is 2.05 bits per heavy atom. The highest BCUT2D eigenvalue weighted by atomic mass is 32.2. The molecule has 0 N–H and O–H groups in total. The number of Topliss-reactive ketones (excluding diaryl/α,β-unsaturated/α-hetero) is 1. The first-order valence-electron chi connectivity index (χ1n) is 6.59. The zero-order valence-electron chi connectivity index (χ0n) is 11.8. The van der Waals surface area contributed by atoms with Crippen molar-refractivity contribution in [3.8, 4) is 0 Å². The van der Waals surface area contributed by atoms with Gasteiger partial charge >= 0.3 is 5.91 Å². The van der Waals surface area contributed by atoms with Crippen molar-refractivity contribution in [2.75, 3.05) is 16.4 Å². The van der Waals surface area contributed by atoms with E-state index in [1.165, 1.54) is 23.5 Å². The summed E-state index contributed by atoms with van der Waals surface area (Å²) in [7, 11) is 0. The Morgan fingerprint density at radius 2 is 1.52 bits per heavy atom. The Hall–Kier alpha value is -1.53. The summed E-state index contributed by atoms with van der Waals surface area (Å²) in [5, 5.41) is 0. The van der Waals surface area contributed by atoms with Gasteiger partial charge in [0.15, 0.2) is 0 Å². The van der Waals surface area contributed by atoms with Crippen LogP contribution in [0.1, 0.15) is 13.8 Å². The fraction of sp³-hybridized carbons (Fsp3) is 0.267. The maximum atomic E-state index is 12.5. The van der Waals surface area contributed by atoms with Crippen LogP contribution in [-0.2, 0) is 14.4 Å². The smallest absolute Gasteiger partial charge is 0.283 e. The van der Waals surface area contributed by atoms with Crippen LogP contribution < -0.4 is 4.90 Å². The van der Waals surface area contributed by atoms with Crippen molar-refractivity contribution in [1.29, 1.82) is 0 Å². The predicted molar refractivity (Wildman–Crippen MR) is 87.2 cm³/mol. The molecule has 0 atom stereocenters. The molecule has 110 valence electrons. The number of para-hydroxylation sites is 1. The Bertz CT molecular complexity index is 603. The van der Waals surface area contributed by atoms with Crippen LogP contribution in [0.4, 0.5) is 5.69 Å². The quantitative estimate of drug-likeness (QED) is 0.361. The zero-order chi connectivity index (χ0) is 15.4. The summed E-state index contributed by atoms with van der Waals surface area (Å²) in [6, 6.07) is 8.53. The summed E-state index contributed by atoms with van der Waals surface area (Å²) >= 11 is 2.85. The van der Waals surface area contributed by atoms with E-state index in [2.05, 4.69) is 0 Å². The number of benzene rings is 1. The van der Waals surface area contributed by atoms with Crippen molar-refractivity contribution < 1.29 is 14.4 Å². The summed E-state index contributed by atoms with van der Waals surface area (Å²) in [6.45, 7) is 3.89. The second kappa shape index (κ2) is 6.95. The van der Waals surface area contributed by atoms with Crippen LogP contribution in [0.3, 0.4) is 0 Å². The van der Waals surface area contributed by atoms with Crippen molar-refractivity contribution in [3.05, 3.63) is 40.1 Å². The first kappa shape index (κ1) is 15.9. The summed E-state index contributed by atoms with van der Waals surface area (Å²) in [4.78, 5) is 37.8. The molecular formula is C15H15NO3S2. The van der Waals surface area contributed by atoms with Gasteiger partial charge in [-0.05, 0) is 23.6 Å². The fourth-order valence-electron chi connectivity index (χ4n) is 1.95. The normalized spacial score (nSPS) is 15.0. The minimum atomic E-state index is -0.771. The summed E-state index contributed by atoms with van der Waals surface area (Å²) in [5.74, 6) is -0.515. The lowest BCUT2D eigenvalue weighted by Gasteiger charge is -2.12. The van der Waals surface area contributed by atoms with Gasteiger partial charge in [0.05, 0.1) is 9.92 Å². The number of rotatable bonds is 5. The van der Waals surface area contributed by atoms with Gasteiger partial charge in [0.2, 0.25) is 0 Å². The van der Waals surface area contributed by atoms with E-state index >= 15 is 0 Å². The Balaban J connectivity index is 2.47. The number of anilines is 1. The molecule has 2 rings (SSSR count). The van der Waals surface area contributed by atoms with Crippen LogP contribution in [0.2, 0.25) is 0 Å². The Morgan fingerprint density at radius 1 is 0.952 bits per heavy atom. The van der Waals surface area contributed by atoms with Crippen molar-refractivity contribution in [2.24, 2.45) is 0 Å². The highest BCUT2D eigenvalue weighted by molar-refractivity contribution is 8.22. The number of thioether (sulfide) groups is 2. The van der Waals surface area contributed by atoms with Gasteiger partial charge in [0.1, 0.15) is 5.57 Å². The number of nitrogens with zero attached hydrogens (tertiary/aromatic N) is 1. The van der Waals surface area contributed by atoms with Crippen LogP contribution in [0.5, 0.6) is 0 Å². The highest BCUT2D eigenvalue weighted by Gasteiger charge is 2.45. The minimum absolute atomic E-state index is 0.0163. The molecule has 0 saturated carbocycles. The minimum Gasteiger partial charge on any atom is -0.283 e. The van der Waals surface area contributed by atoms with Crippen molar-refractivity contribution in [1.82, 2.24) is 0 Å². The first-order chi connectivity index (χ1) is 10.1. The molecule has 21 heavy (non-hydrogen) atoms. The maximum absolute atomic E-state index is 12.5. The molecule has 2 amide bonds. The molecule has 1 fully saturated rings. The molecule has 1 aliphatic heterocycles. The molecule has 1 heterocycles. The summed E-state index contributed by atoms with van der Waals surface area (Å²) < 4.78 is 0.641. The van der Waals surface area contributed by atoms with E-state index in [0.717, 1.165) is 16.4 Å². The largest absolute Gasteiger partial charge is 0.306 e. The van der Waals surface area contributed by atoms with Gasteiger partial charge in [-0.25, -0.2) is 4.90 Å². The van der Waals surface area contributed by atoms with Crippen LogP contribution in [0.25, 0.3) is 0 Å². The predicted octanol–water partition coefficient (Wildman–Crippen LogP) is 2.85. The average Bonchev–Trinajstić information content (AvgIpc) is 2.70. The lowest BCUT2D eigenvalue weighted by atomic mass is 10.2. The topological polar surface area (TPSA) is 54.5 Å². The SMILES string of the molecule is CCSC(SCC)=C1C(=O)C(=O)N(c2ccccc2)C1=O. The van der Waals surface area contributed by atoms with Gasteiger partial charge in [-0.15, -0.1) is 23.5 Å². The number of amides is 2. The summed E-state index contributed by atoms with van der Waals surface area (Å²) in [6.07, 6.45) is 0. The van der Waals surface area contributed by atoms with Gasteiger partial charge in [0.25, 0.3) is 11.7 Å². The maximum Gasteiger partial charge on any atom is 0.306 e. The molecule has 4 nitrogen and oxygen atoms in total. The standard InChI is InChI=1S/C15H15NO3S2/c1-3-20-15(21-4-2)11-12(17)14(19)16(13(11)18)10-8-6-5-7-9-10/h5-9H,3-4H2,1-2H3. The fourth-order valence-corrected chi connectivity index (χ4v) is 4.16. The second-order valence-corrected chi connectivity index (χ2v) is 6.95. The first-order valence-corrected chi connectivity index (χ1v) is 8.56. The van der Waals surface area contributed by atoms with Gasteiger partial charge in [0, 0.05) is 0 Å². The Labute approximate surface area is 132 Å². The van der Waals surface area contributed by atoms with Gasteiger partial charge in [-0.1, -0.05) is 32.0 Å². The monoisotopic (exact) mass is 321 g/mol. The zero-order valence-corrected chi connectivity index (χ0v) is 13.4. The van der Waals surface area contributed by atoms with E-state index in [1.54, 1.807) is 30.3 Å². The molecule has 1 aliphatic rings. The van der Waals surface area contributed by atoms with E-state index in [4.69, 9.17) is 0 Å². The van der Waals surface area contributed by atoms with Crippen LogP contribution in [0.15, 0.2) is 40.1 Å². The number of hydrogen-bond donors (Lipinski definition) is 0. The third-order valence-corrected chi connectivity index (χ3v) is 5.03. The number of carbonyl (C=O) groups is 3. The molecule has 6 heteroatoms. The lowest BCUT2D eigenvalue weighted by Crippen LogP contribution is -2.30. The number of carbonyl (C=O) groups excluding carboxylic acids is 3. The van der Waals surface area contributed by atoms with E-state index in [-0.39, 0.29) is 5.57 Å². The molecule has 0 radical (unpaired) electrons. The molecule has 0 spiro atoms. The highest BCUT2D eigenvalue weighted by Crippen LogP contribution is 2.36. The van der Waals surface area contributed by atoms with E-state index in [9.17, 15) is 14.4 Å². The van der Waals surface area contributed by atoms with Crippen LogP contribution in [-0.4, -0.2) is 29.1 Å². The lowest BCUT2D eigenvalue weighted by molar-refractivity contribution is -0.132. The van der Waals surface area contributed by atoms with E-state index in [0.29, 0.717) is 9.92 Å². The number of imide groups is 1. The van der Waals surface area contributed by atoms with E-state index in [1.807, 2.05) is 13.8 Å². The molecular weight excluding hydrogens is 306 g/mol. The molecule has 0 aromatic heterocycles. The second-order valence-electron chi connectivity index (χ2n) is 4.14. The molecule has 0 aliphatic carbocycles. The molecule has 1 aromatic carbocycles. The Kier molecular flexibility index (Phi) is 5.25. The third-order valence-electron chi connectivity index (χ3n) is 2.81. The molecule has 1 aromatic rings. The third kappa shape index (κ3) is 3.06. The molecule has 1 saturated heterocycles. The summed E-state index contributed by atoms with van der Waals surface area (Å²) in [5.41, 5.74) is 0.445. The van der Waals surface area contributed by atoms with Gasteiger partial charge in [-0.3, -0.25) is 14.4 Å². The van der Waals surface area contributed by atoms with Gasteiger partial charge < -0.3 is 0 Å². The van der Waals surface area contributed by atoms with Crippen LogP contribution in [0, 0.1) is 0 Å². The van der Waals surface area contributed by atoms with Crippen molar-refractivity contribution in [3.63, 3.8) is 0 Å². The van der Waals surface area contributed by atoms with Gasteiger partial charge in [-0.2, -0.15) is 0 Å². The van der Waals surface area contributed by atoms with Crippen molar-refractivity contribution in [2.45, 2.75) is 13.8 Å². The average molecular weight is 321 g/mol. The number of hydrogen-bond acceptors (Lipinski definition) is 5. The number of ketones is 1. The van der Waals surface area contributed by atoms with Crippen molar-refractivity contribution >= 4 is 46.8 Å².